The second-order valence-electron chi connectivity index (χ2n) is 4.49. The maximum absolute atomic E-state index is 12.6. The number of nitrogens with zero attached hydrogens (tertiary/aromatic N) is 2. The molecule has 0 aliphatic rings. The van der Waals surface area contributed by atoms with Gasteiger partial charge in [-0.2, -0.15) is 13.2 Å². The molecule has 0 spiro atoms. The van der Waals surface area contributed by atoms with Crippen LogP contribution in [-0.2, 0) is 0 Å². The number of aromatic nitrogens is 1. The number of halogens is 3. The molecule has 0 bridgehead atoms. The monoisotopic (exact) mass is 330 g/mol. The van der Waals surface area contributed by atoms with Crippen molar-refractivity contribution in [3.05, 3.63) is 41.6 Å². The molecule has 2 aromatic rings. The van der Waals surface area contributed by atoms with Crippen LogP contribution >= 0.6 is 11.3 Å². The number of alkyl halides is 3. The fraction of sp³-hybridized carbons (Fsp3) is 0.286. The number of rotatable bonds is 5. The van der Waals surface area contributed by atoms with Crippen molar-refractivity contribution in [2.75, 3.05) is 13.1 Å². The number of carbonyl (C=O) groups is 1. The van der Waals surface area contributed by atoms with Gasteiger partial charge >= 0.3 is 6.18 Å². The van der Waals surface area contributed by atoms with E-state index in [1.54, 1.807) is 12.1 Å². The van der Waals surface area contributed by atoms with Crippen LogP contribution < -0.4 is 0 Å². The molecular formula is C14H13F3N2O2S. The van der Waals surface area contributed by atoms with Crippen LogP contribution in [0.2, 0.25) is 0 Å². The second-order valence-corrected chi connectivity index (χ2v) is 5.44. The Morgan fingerprint density at radius 1 is 1.55 bits per heavy atom. The smallest absolute Gasteiger partial charge is 0.406 e. The van der Waals surface area contributed by atoms with E-state index in [0.29, 0.717) is 9.78 Å². The summed E-state index contributed by atoms with van der Waals surface area (Å²) < 4.78 is 43.1. The first-order chi connectivity index (χ1) is 10.3. The highest BCUT2D eigenvalue weighted by Gasteiger charge is 2.34. The average Bonchev–Trinajstić information content (AvgIpc) is 3.04. The molecule has 22 heavy (non-hydrogen) atoms. The third-order valence-corrected chi connectivity index (χ3v) is 3.60. The molecule has 1 amide bonds. The molecular weight excluding hydrogens is 317 g/mol. The fourth-order valence-corrected chi connectivity index (χ4v) is 2.49. The van der Waals surface area contributed by atoms with Gasteiger partial charge in [0.2, 0.25) is 5.89 Å². The van der Waals surface area contributed by atoms with E-state index in [0.717, 1.165) is 0 Å². The van der Waals surface area contributed by atoms with Crippen molar-refractivity contribution in [1.82, 2.24) is 9.88 Å². The summed E-state index contributed by atoms with van der Waals surface area (Å²) in [6.07, 6.45) is -3.26. The number of hydrogen-bond donors (Lipinski definition) is 0. The lowest BCUT2D eigenvalue weighted by atomic mass is 10.3. The minimum atomic E-state index is -4.49. The molecule has 0 N–H and O–H groups in total. The normalized spacial score (nSPS) is 11.5. The van der Waals surface area contributed by atoms with Gasteiger partial charge in [-0.05, 0) is 18.4 Å². The van der Waals surface area contributed by atoms with Gasteiger partial charge in [0.1, 0.15) is 12.3 Å². The molecule has 0 saturated heterocycles. The Hall–Kier alpha value is -2.09. The van der Waals surface area contributed by atoms with E-state index in [2.05, 4.69) is 11.6 Å². The second kappa shape index (κ2) is 6.35. The minimum Gasteiger partial charge on any atom is -0.440 e. The van der Waals surface area contributed by atoms with Crippen molar-refractivity contribution in [2.24, 2.45) is 0 Å². The number of oxazole rings is 1. The molecule has 0 saturated carbocycles. The van der Waals surface area contributed by atoms with Crippen LogP contribution in [0.15, 0.2) is 34.6 Å². The van der Waals surface area contributed by atoms with Crippen molar-refractivity contribution >= 4 is 17.2 Å². The predicted octanol–water partition coefficient (Wildman–Crippen LogP) is 3.90. The topological polar surface area (TPSA) is 46.3 Å². The molecule has 0 aliphatic heterocycles. The Balaban J connectivity index is 2.29. The van der Waals surface area contributed by atoms with E-state index in [-0.39, 0.29) is 23.9 Å². The van der Waals surface area contributed by atoms with Crippen LogP contribution in [0.25, 0.3) is 10.8 Å². The number of amides is 1. The molecule has 0 atom stereocenters. The highest BCUT2D eigenvalue weighted by atomic mass is 32.1. The van der Waals surface area contributed by atoms with Crippen molar-refractivity contribution in [1.29, 1.82) is 0 Å². The van der Waals surface area contributed by atoms with Crippen molar-refractivity contribution < 1.29 is 22.4 Å². The fourth-order valence-electron chi connectivity index (χ4n) is 1.84. The zero-order chi connectivity index (χ0) is 16.3. The predicted molar refractivity (Wildman–Crippen MR) is 76.7 cm³/mol. The number of aryl methyl sites for hydroxylation is 1. The summed E-state index contributed by atoms with van der Waals surface area (Å²) in [5.74, 6) is -0.424. The molecule has 2 aromatic heterocycles. The summed E-state index contributed by atoms with van der Waals surface area (Å²) in [7, 11) is 0. The van der Waals surface area contributed by atoms with Gasteiger partial charge < -0.3 is 9.32 Å². The maximum Gasteiger partial charge on any atom is 0.406 e. The summed E-state index contributed by atoms with van der Waals surface area (Å²) in [6.45, 7) is 3.28. The molecule has 2 heterocycles. The zero-order valence-electron chi connectivity index (χ0n) is 11.7. The van der Waals surface area contributed by atoms with E-state index >= 15 is 0 Å². The lowest BCUT2D eigenvalue weighted by molar-refractivity contribution is -0.139. The van der Waals surface area contributed by atoms with Crippen LogP contribution in [0.1, 0.15) is 16.2 Å². The SMILES string of the molecule is C=CCN(CC(F)(F)F)C(=O)c1nc(-c2cccs2)oc1C. The molecule has 0 radical (unpaired) electrons. The highest BCUT2D eigenvalue weighted by Crippen LogP contribution is 2.27. The number of hydrogen-bond acceptors (Lipinski definition) is 4. The van der Waals surface area contributed by atoms with Crippen LogP contribution in [0.4, 0.5) is 13.2 Å². The van der Waals surface area contributed by atoms with Gasteiger partial charge in [-0.25, -0.2) is 4.98 Å². The molecule has 4 nitrogen and oxygen atoms in total. The van der Waals surface area contributed by atoms with Crippen molar-refractivity contribution in [3.63, 3.8) is 0 Å². The van der Waals surface area contributed by atoms with Crippen LogP contribution in [0.3, 0.4) is 0 Å². The summed E-state index contributed by atoms with van der Waals surface area (Å²) in [6, 6.07) is 3.54. The third kappa shape index (κ3) is 3.76. The number of carbonyl (C=O) groups excluding carboxylic acids is 1. The Bertz CT molecular complexity index is 662. The lowest BCUT2D eigenvalue weighted by Crippen LogP contribution is -2.39. The van der Waals surface area contributed by atoms with Crippen molar-refractivity contribution in [3.8, 4) is 10.8 Å². The Labute approximate surface area is 128 Å². The van der Waals surface area contributed by atoms with Crippen LogP contribution in [0, 0.1) is 6.92 Å². The molecule has 0 aliphatic carbocycles. The van der Waals surface area contributed by atoms with Gasteiger partial charge in [0, 0.05) is 6.54 Å². The Kier molecular flexibility index (Phi) is 4.70. The largest absolute Gasteiger partial charge is 0.440 e. The molecule has 118 valence electrons. The molecule has 8 heteroatoms. The van der Waals surface area contributed by atoms with Gasteiger partial charge in [0.25, 0.3) is 5.91 Å². The third-order valence-electron chi connectivity index (χ3n) is 2.74. The van der Waals surface area contributed by atoms with Crippen LogP contribution in [0.5, 0.6) is 0 Å². The van der Waals surface area contributed by atoms with E-state index in [4.69, 9.17) is 4.42 Å². The summed E-state index contributed by atoms with van der Waals surface area (Å²) in [4.78, 5) is 17.6. The molecule has 0 unspecified atom stereocenters. The van der Waals surface area contributed by atoms with E-state index in [1.807, 2.05) is 5.38 Å². The summed E-state index contributed by atoms with van der Waals surface area (Å²) in [5, 5.41) is 1.81. The molecule has 0 aromatic carbocycles. The van der Waals surface area contributed by atoms with Gasteiger partial charge in [-0.3, -0.25) is 4.79 Å². The standard InChI is InChI=1S/C14H13F3N2O2S/c1-3-6-19(8-14(15,16)17)13(20)11-9(2)21-12(18-11)10-5-4-7-22-10/h3-5,7H,1,6,8H2,2H3. The quantitative estimate of drug-likeness (QED) is 0.781. The van der Waals surface area contributed by atoms with Gasteiger partial charge in [0.05, 0.1) is 4.88 Å². The van der Waals surface area contributed by atoms with Gasteiger partial charge in [-0.1, -0.05) is 12.1 Å². The van der Waals surface area contributed by atoms with Gasteiger partial charge in [-0.15, -0.1) is 17.9 Å². The van der Waals surface area contributed by atoms with Crippen LogP contribution in [-0.4, -0.2) is 35.1 Å². The van der Waals surface area contributed by atoms with E-state index in [9.17, 15) is 18.0 Å². The molecule has 2 rings (SSSR count). The first-order valence-electron chi connectivity index (χ1n) is 6.30. The van der Waals surface area contributed by atoms with Crippen molar-refractivity contribution in [2.45, 2.75) is 13.1 Å². The average molecular weight is 330 g/mol. The zero-order valence-corrected chi connectivity index (χ0v) is 12.5. The first-order valence-corrected chi connectivity index (χ1v) is 7.18. The molecule has 0 fully saturated rings. The summed E-state index contributed by atoms with van der Waals surface area (Å²) in [5.41, 5.74) is -0.116. The van der Waals surface area contributed by atoms with E-state index in [1.165, 1.54) is 24.3 Å². The Morgan fingerprint density at radius 2 is 2.27 bits per heavy atom. The van der Waals surface area contributed by atoms with E-state index < -0.39 is 18.6 Å². The highest BCUT2D eigenvalue weighted by molar-refractivity contribution is 7.13. The summed E-state index contributed by atoms with van der Waals surface area (Å²) >= 11 is 1.36. The number of thiophene rings is 1. The minimum absolute atomic E-state index is 0.116. The Morgan fingerprint density at radius 3 is 2.82 bits per heavy atom. The maximum atomic E-state index is 12.6. The van der Waals surface area contributed by atoms with Gasteiger partial charge in [0.15, 0.2) is 5.69 Å². The first kappa shape index (κ1) is 16.3. The lowest BCUT2D eigenvalue weighted by Gasteiger charge is -2.21.